The molecule has 0 nitrogen and oxygen atoms in total. The van der Waals surface area contributed by atoms with E-state index in [0.717, 1.165) is 5.54 Å². The van der Waals surface area contributed by atoms with E-state index in [1.165, 1.54) is 12.1 Å². The highest BCUT2D eigenvalue weighted by atomic mass is 35.6. The molecule has 0 saturated carbocycles. The van der Waals surface area contributed by atoms with E-state index in [-0.39, 0.29) is 0 Å². The molecule has 0 aromatic rings. The van der Waals surface area contributed by atoms with Gasteiger partial charge < -0.3 is 0 Å². The molecule has 0 amide bonds. The molecule has 0 unspecified atom stereocenters. The molecule has 0 aromatic heterocycles. The first-order valence-corrected chi connectivity index (χ1v) is 7.26. The van der Waals surface area contributed by atoms with Gasteiger partial charge >= 0.3 is 0 Å². The zero-order valence-corrected chi connectivity index (χ0v) is 8.63. The Morgan fingerprint density at radius 1 is 1.22 bits per heavy atom. The molecule has 0 bridgehead atoms. The highest BCUT2D eigenvalue weighted by Gasteiger charge is 2.29. The van der Waals surface area contributed by atoms with Gasteiger partial charge in [-0.2, -0.15) is 11.1 Å². The first-order chi connectivity index (χ1) is 4.06. The molecule has 9 heavy (non-hydrogen) atoms. The molecule has 0 aliphatic rings. The van der Waals surface area contributed by atoms with Crippen molar-refractivity contribution < 1.29 is 0 Å². The highest BCUT2D eigenvalue weighted by molar-refractivity contribution is 7.21. The summed E-state index contributed by atoms with van der Waals surface area (Å²) in [6.45, 7) is 8.91. The van der Waals surface area contributed by atoms with Crippen molar-refractivity contribution in [1.29, 1.82) is 0 Å². The summed E-state index contributed by atoms with van der Waals surface area (Å²) in [5.74, 6) is 0. The van der Waals surface area contributed by atoms with Crippen molar-refractivity contribution in [3.8, 4) is 0 Å². The molecule has 0 rings (SSSR count). The molecule has 0 fully saturated rings. The molecule has 0 radical (unpaired) electrons. The fraction of sp³-hybridized carbons (Fsp3) is 1.00. The van der Waals surface area contributed by atoms with Crippen LogP contribution in [-0.2, 0) is 0 Å². The van der Waals surface area contributed by atoms with Crippen molar-refractivity contribution >= 4 is 18.5 Å². The maximum Gasteiger partial charge on any atom is 0.158 e. The second-order valence-electron chi connectivity index (χ2n) is 2.90. The van der Waals surface area contributed by atoms with Gasteiger partial charge in [0.2, 0.25) is 0 Å². The fourth-order valence-electron chi connectivity index (χ4n) is 1.07. The molecule has 0 aromatic carbocycles. The van der Waals surface area contributed by atoms with E-state index in [4.69, 9.17) is 11.1 Å². The van der Waals surface area contributed by atoms with Crippen molar-refractivity contribution in [2.45, 2.75) is 45.3 Å². The van der Waals surface area contributed by atoms with Gasteiger partial charge in [0.1, 0.15) is 0 Å². The Morgan fingerprint density at radius 2 is 1.56 bits per heavy atom. The normalized spacial score (nSPS) is 12.7. The van der Waals surface area contributed by atoms with Crippen molar-refractivity contribution in [1.82, 2.24) is 0 Å². The van der Waals surface area contributed by atoms with E-state index >= 15 is 0 Å². The highest BCUT2D eigenvalue weighted by Crippen LogP contribution is 2.32. The third-order valence-corrected chi connectivity index (χ3v) is 9.54. The predicted molar refractivity (Wildman–Crippen MR) is 47.7 cm³/mol. The number of hydrogen-bond donors (Lipinski definition) is 0. The third-order valence-electron chi connectivity index (χ3n) is 2.21. The quantitative estimate of drug-likeness (QED) is 0.442. The second kappa shape index (κ2) is 3.62. The lowest BCUT2D eigenvalue weighted by Gasteiger charge is -2.24. The maximum atomic E-state index is 6.38. The van der Waals surface area contributed by atoms with Crippen molar-refractivity contribution in [3.63, 3.8) is 0 Å². The summed E-state index contributed by atoms with van der Waals surface area (Å²) >= 11 is 6.38. The van der Waals surface area contributed by atoms with Crippen molar-refractivity contribution in [2.24, 2.45) is 0 Å². The van der Waals surface area contributed by atoms with E-state index in [9.17, 15) is 0 Å². The molecule has 56 valence electrons. The van der Waals surface area contributed by atoms with Crippen molar-refractivity contribution in [3.05, 3.63) is 0 Å². The Labute approximate surface area is 64.3 Å². The van der Waals surface area contributed by atoms with Crippen LogP contribution in [0.4, 0.5) is 0 Å². The molecule has 0 aliphatic heterocycles. The van der Waals surface area contributed by atoms with Gasteiger partial charge in [-0.05, 0) is 17.6 Å². The average molecular weight is 165 g/mol. The summed E-state index contributed by atoms with van der Waals surface area (Å²) in [4.78, 5) is 0. The zero-order chi connectivity index (χ0) is 7.49. The van der Waals surface area contributed by atoms with Crippen LogP contribution < -0.4 is 0 Å². The predicted octanol–water partition coefficient (Wildman–Crippen LogP) is 3.62. The minimum Gasteiger partial charge on any atom is -0.167 e. The van der Waals surface area contributed by atoms with Crippen LogP contribution in [0, 0.1) is 0 Å². The summed E-state index contributed by atoms with van der Waals surface area (Å²) in [7, 11) is -1.30. The lowest BCUT2D eigenvalue weighted by Crippen LogP contribution is -2.28. The monoisotopic (exact) mass is 164 g/mol. The Bertz CT molecular complexity index is 77.0. The van der Waals surface area contributed by atoms with Crippen LogP contribution in [0.5, 0.6) is 0 Å². The van der Waals surface area contributed by atoms with Crippen LogP contribution in [0.15, 0.2) is 0 Å². The zero-order valence-electron chi connectivity index (χ0n) is 6.87. The summed E-state index contributed by atoms with van der Waals surface area (Å²) in [6.07, 6.45) is 0. The van der Waals surface area contributed by atoms with Crippen molar-refractivity contribution in [2.75, 3.05) is 0 Å². The number of hydrogen-bond acceptors (Lipinski definition) is 0. The summed E-state index contributed by atoms with van der Waals surface area (Å²) in [6, 6.07) is 2.42. The van der Waals surface area contributed by atoms with E-state index in [0.29, 0.717) is 0 Å². The van der Waals surface area contributed by atoms with Crippen LogP contribution in [0.25, 0.3) is 0 Å². The molecule has 0 saturated heterocycles. The minimum absolute atomic E-state index is 0.731. The smallest absolute Gasteiger partial charge is 0.158 e. The minimum atomic E-state index is -1.30. The number of halogens is 1. The van der Waals surface area contributed by atoms with Gasteiger partial charge in [0.15, 0.2) is 7.38 Å². The third kappa shape index (κ3) is 2.30. The van der Waals surface area contributed by atoms with Gasteiger partial charge in [0.05, 0.1) is 0 Å². The Hall–Kier alpha value is 0.507. The molecular formula is C7H17ClSi. The fourth-order valence-corrected chi connectivity index (χ4v) is 3.20. The Kier molecular flexibility index (Phi) is 3.82. The van der Waals surface area contributed by atoms with Gasteiger partial charge in [-0.1, -0.05) is 27.7 Å². The molecule has 0 N–H and O–H groups in total. The van der Waals surface area contributed by atoms with E-state index in [1.807, 2.05) is 0 Å². The van der Waals surface area contributed by atoms with E-state index < -0.39 is 7.38 Å². The molecule has 0 atom stereocenters. The first kappa shape index (κ1) is 9.51. The molecule has 0 heterocycles. The largest absolute Gasteiger partial charge is 0.167 e. The summed E-state index contributed by atoms with van der Waals surface area (Å²) in [5, 5.41) is 0. The lowest BCUT2D eigenvalue weighted by molar-refractivity contribution is 0.992. The standard InChI is InChI=1S/C7H17ClSi/c1-5-9(8,6-2)7(3)4/h7H,5-6H2,1-4H3. The van der Waals surface area contributed by atoms with Gasteiger partial charge in [-0.25, -0.2) is 0 Å². The van der Waals surface area contributed by atoms with Gasteiger partial charge in [0.25, 0.3) is 0 Å². The van der Waals surface area contributed by atoms with Crippen LogP contribution in [0.1, 0.15) is 27.7 Å². The first-order valence-electron chi connectivity index (χ1n) is 3.75. The van der Waals surface area contributed by atoms with Crippen LogP contribution >= 0.6 is 11.1 Å². The van der Waals surface area contributed by atoms with Gasteiger partial charge in [-0.15, -0.1) is 0 Å². The van der Waals surface area contributed by atoms with Gasteiger partial charge in [0, 0.05) is 0 Å². The van der Waals surface area contributed by atoms with E-state index in [2.05, 4.69) is 27.7 Å². The molecule has 0 spiro atoms. The second-order valence-corrected chi connectivity index (χ2v) is 9.79. The maximum absolute atomic E-state index is 6.38. The topological polar surface area (TPSA) is 0 Å². The number of rotatable bonds is 3. The molecule has 0 aliphatic carbocycles. The summed E-state index contributed by atoms with van der Waals surface area (Å²) in [5.41, 5.74) is 0.731. The Balaban J connectivity index is 3.92. The SMILES string of the molecule is CC[Si](Cl)(CC)C(C)C. The van der Waals surface area contributed by atoms with Gasteiger partial charge in [-0.3, -0.25) is 0 Å². The van der Waals surface area contributed by atoms with Crippen LogP contribution in [0.3, 0.4) is 0 Å². The Morgan fingerprint density at radius 3 is 1.56 bits per heavy atom. The van der Waals surface area contributed by atoms with E-state index in [1.54, 1.807) is 0 Å². The lowest BCUT2D eigenvalue weighted by atomic mass is 10.6. The molecular weight excluding hydrogens is 148 g/mol. The average Bonchev–Trinajstić information content (AvgIpc) is 1.86. The summed E-state index contributed by atoms with van der Waals surface area (Å²) < 4.78 is 0. The molecule has 2 heteroatoms. The van der Waals surface area contributed by atoms with Crippen LogP contribution in [0.2, 0.25) is 17.6 Å². The van der Waals surface area contributed by atoms with Crippen LogP contribution in [-0.4, -0.2) is 7.38 Å².